The van der Waals surface area contributed by atoms with Crippen LogP contribution in [0.2, 0.25) is 5.02 Å². The summed E-state index contributed by atoms with van der Waals surface area (Å²) in [6.07, 6.45) is 1.39. The van der Waals surface area contributed by atoms with Gasteiger partial charge < -0.3 is 11.1 Å². The number of nitrogens with two attached hydrogens (primary N) is 1. The molecule has 0 saturated carbocycles. The van der Waals surface area contributed by atoms with Crippen LogP contribution in [0, 0.1) is 11.3 Å². The first-order valence-electron chi connectivity index (χ1n) is 6.73. The van der Waals surface area contributed by atoms with Crippen LogP contribution in [-0.4, -0.2) is 15.7 Å². The van der Waals surface area contributed by atoms with Gasteiger partial charge in [0, 0.05) is 16.6 Å². The molecule has 0 spiro atoms. The van der Waals surface area contributed by atoms with Crippen molar-refractivity contribution < 1.29 is 4.79 Å². The zero-order chi connectivity index (χ0) is 16.3. The van der Waals surface area contributed by atoms with Crippen molar-refractivity contribution in [2.24, 2.45) is 0 Å². The summed E-state index contributed by atoms with van der Waals surface area (Å²) in [6, 6.07) is 8.07. The monoisotopic (exact) mass is 317 g/mol. The lowest BCUT2D eigenvalue weighted by Crippen LogP contribution is -2.28. The molecule has 7 heteroatoms. The Morgan fingerprint density at radius 1 is 1.45 bits per heavy atom. The predicted molar refractivity (Wildman–Crippen MR) is 84.3 cm³/mol. The second kappa shape index (κ2) is 6.50. The second-order valence-electron chi connectivity index (χ2n) is 5.04. The Labute approximate surface area is 133 Å². The summed E-state index contributed by atoms with van der Waals surface area (Å²) in [5.74, 6) is -0.195. The molecule has 1 heterocycles. The van der Waals surface area contributed by atoms with Crippen molar-refractivity contribution in [3.05, 3.63) is 46.6 Å². The normalized spacial score (nSPS) is 12.0. The molecule has 6 nitrogen and oxygen atoms in total. The summed E-state index contributed by atoms with van der Waals surface area (Å²) in [5.41, 5.74) is 6.70. The fourth-order valence-corrected chi connectivity index (χ4v) is 2.30. The first-order valence-corrected chi connectivity index (χ1v) is 7.11. The van der Waals surface area contributed by atoms with Gasteiger partial charge in [-0.1, -0.05) is 29.8 Å². The van der Waals surface area contributed by atoms with Gasteiger partial charge in [-0.15, -0.1) is 0 Å². The number of benzene rings is 1. The summed E-state index contributed by atoms with van der Waals surface area (Å²) in [7, 11) is 0. The van der Waals surface area contributed by atoms with E-state index in [9.17, 15) is 10.1 Å². The molecule has 114 valence electrons. The number of rotatable bonds is 4. The van der Waals surface area contributed by atoms with Crippen LogP contribution in [0.15, 0.2) is 30.5 Å². The molecule has 2 rings (SSSR count). The van der Waals surface area contributed by atoms with Gasteiger partial charge in [-0.2, -0.15) is 10.4 Å². The van der Waals surface area contributed by atoms with Crippen LogP contribution >= 0.6 is 11.6 Å². The topological polar surface area (TPSA) is 96.7 Å². The number of nitrogens with one attached hydrogen (secondary N) is 1. The molecule has 0 radical (unpaired) electrons. The standard InChI is InChI=1S/C15H16ClN5O/c1-9(2)21-14(18)11(8-19-21)15(22)20-13(7-17)10-5-3-4-6-12(10)16/h3-6,8-9,13H,18H2,1-2H3,(H,20,22). The average Bonchev–Trinajstić information content (AvgIpc) is 2.87. The molecule has 1 aromatic carbocycles. The van der Waals surface area contributed by atoms with Crippen LogP contribution < -0.4 is 11.1 Å². The number of anilines is 1. The summed E-state index contributed by atoms with van der Waals surface area (Å²) in [5, 5.41) is 16.4. The summed E-state index contributed by atoms with van der Waals surface area (Å²) in [6.45, 7) is 3.82. The number of hydrogen-bond acceptors (Lipinski definition) is 4. The van der Waals surface area contributed by atoms with E-state index in [1.165, 1.54) is 6.20 Å². The number of hydrogen-bond donors (Lipinski definition) is 2. The second-order valence-corrected chi connectivity index (χ2v) is 5.45. The van der Waals surface area contributed by atoms with Gasteiger partial charge in [0.2, 0.25) is 0 Å². The van der Waals surface area contributed by atoms with Crippen molar-refractivity contribution in [2.75, 3.05) is 5.73 Å². The maximum Gasteiger partial charge on any atom is 0.257 e. The molecular formula is C15H16ClN5O. The van der Waals surface area contributed by atoms with Crippen LogP contribution in [0.25, 0.3) is 0 Å². The van der Waals surface area contributed by atoms with Gasteiger partial charge in [-0.05, 0) is 19.9 Å². The highest BCUT2D eigenvalue weighted by Crippen LogP contribution is 2.23. The molecule has 22 heavy (non-hydrogen) atoms. The molecular weight excluding hydrogens is 302 g/mol. The Morgan fingerprint density at radius 2 is 2.14 bits per heavy atom. The van der Waals surface area contributed by atoms with Gasteiger partial charge in [0.15, 0.2) is 0 Å². The van der Waals surface area contributed by atoms with E-state index in [0.717, 1.165) is 0 Å². The van der Waals surface area contributed by atoms with Crippen LogP contribution in [-0.2, 0) is 0 Å². The number of carbonyl (C=O) groups excluding carboxylic acids is 1. The zero-order valence-corrected chi connectivity index (χ0v) is 13.0. The number of aromatic nitrogens is 2. The van der Waals surface area contributed by atoms with Gasteiger partial charge in [-0.3, -0.25) is 4.79 Å². The maximum absolute atomic E-state index is 12.3. The summed E-state index contributed by atoms with van der Waals surface area (Å²) >= 11 is 6.06. The molecule has 0 aliphatic carbocycles. The first-order chi connectivity index (χ1) is 10.5. The lowest BCUT2D eigenvalue weighted by atomic mass is 10.1. The number of halogens is 1. The van der Waals surface area contributed by atoms with Gasteiger partial charge >= 0.3 is 0 Å². The van der Waals surface area contributed by atoms with E-state index in [1.807, 2.05) is 19.9 Å². The predicted octanol–water partition coefficient (Wildman–Crippen LogP) is 2.69. The third-order valence-corrected chi connectivity index (χ3v) is 3.53. The number of nitrogen functional groups attached to an aromatic ring is 1. The van der Waals surface area contributed by atoms with E-state index in [0.29, 0.717) is 10.6 Å². The van der Waals surface area contributed by atoms with Crippen molar-refractivity contribution in [2.45, 2.75) is 25.9 Å². The highest BCUT2D eigenvalue weighted by molar-refractivity contribution is 6.31. The average molecular weight is 318 g/mol. The number of carbonyl (C=O) groups is 1. The Morgan fingerprint density at radius 3 is 2.68 bits per heavy atom. The molecule has 2 aromatic rings. The lowest BCUT2D eigenvalue weighted by Gasteiger charge is -2.13. The van der Waals surface area contributed by atoms with Crippen LogP contribution in [0.5, 0.6) is 0 Å². The molecule has 1 aromatic heterocycles. The van der Waals surface area contributed by atoms with Crippen molar-refractivity contribution in [3.8, 4) is 6.07 Å². The largest absolute Gasteiger partial charge is 0.383 e. The SMILES string of the molecule is CC(C)n1ncc(C(=O)NC(C#N)c2ccccc2Cl)c1N. The number of nitriles is 1. The molecule has 3 N–H and O–H groups in total. The van der Waals surface area contributed by atoms with Gasteiger partial charge in [-0.25, -0.2) is 4.68 Å². The molecule has 1 unspecified atom stereocenters. The van der Waals surface area contributed by atoms with E-state index < -0.39 is 11.9 Å². The van der Waals surface area contributed by atoms with E-state index in [2.05, 4.69) is 10.4 Å². The molecule has 1 amide bonds. The van der Waals surface area contributed by atoms with Gasteiger partial charge in [0.05, 0.1) is 12.3 Å². The quantitative estimate of drug-likeness (QED) is 0.906. The van der Waals surface area contributed by atoms with Crippen LogP contribution in [0.1, 0.15) is 41.9 Å². The lowest BCUT2D eigenvalue weighted by molar-refractivity contribution is 0.0946. The third-order valence-electron chi connectivity index (χ3n) is 3.19. The van der Waals surface area contributed by atoms with Crippen LogP contribution in [0.3, 0.4) is 0 Å². The Hall–Kier alpha value is -2.52. The molecule has 0 fully saturated rings. The van der Waals surface area contributed by atoms with Crippen LogP contribution in [0.4, 0.5) is 5.82 Å². The molecule has 0 aliphatic rings. The third kappa shape index (κ3) is 3.05. The first kappa shape index (κ1) is 15.9. The van der Waals surface area contributed by atoms with Gasteiger partial charge in [0.25, 0.3) is 5.91 Å². The fraction of sp³-hybridized carbons (Fsp3) is 0.267. The summed E-state index contributed by atoms with van der Waals surface area (Å²) in [4.78, 5) is 12.3. The smallest absolute Gasteiger partial charge is 0.257 e. The van der Waals surface area contributed by atoms with Crippen molar-refractivity contribution >= 4 is 23.3 Å². The summed E-state index contributed by atoms with van der Waals surface area (Å²) < 4.78 is 1.55. The van der Waals surface area contributed by atoms with Crippen molar-refractivity contribution in [1.29, 1.82) is 5.26 Å². The fourth-order valence-electron chi connectivity index (χ4n) is 2.06. The molecule has 1 atom stereocenters. The van der Waals surface area contributed by atoms with E-state index in [-0.39, 0.29) is 17.4 Å². The Kier molecular flexibility index (Phi) is 4.68. The zero-order valence-electron chi connectivity index (χ0n) is 12.2. The minimum atomic E-state index is -0.858. The van der Waals surface area contributed by atoms with E-state index in [1.54, 1.807) is 28.9 Å². The minimum absolute atomic E-state index is 0.0388. The minimum Gasteiger partial charge on any atom is -0.383 e. The molecule has 0 bridgehead atoms. The van der Waals surface area contributed by atoms with E-state index >= 15 is 0 Å². The van der Waals surface area contributed by atoms with Gasteiger partial charge in [0.1, 0.15) is 17.4 Å². The van der Waals surface area contributed by atoms with Crippen molar-refractivity contribution in [1.82, 2.24) is 15.1 Å². The number of amides is 1. The highest BCUT2D eigenvalue weighted by Gasteiger charge is 2.21. The molecule has 0 saturated heterocycles. The highest BCUT2D eigenvalue weighted by atomic mass is 35.5. The number of nitrogens with zero attached hydrogens (tertiary/aromatic N) is 3. The van der Waals surface area contributed by atoms with Crippen molar-refractivity contribution in [3.63, 3.8) is 0 Å². The Bertz CT molecular complexity index is 732. The van der Waals surface area contributed by atoms with E-state index in [4.69, 9.17) is 17.3 Å². The Balaban J connectivity index is 2.24. The maximum atomic E-state index is 12.3. The molecule has 0 aliphatic heterocycles.